The van der Waals surface area contributed by atoms with Crippen LogP contribution < -0.4 is 15.3 Å². The predicted molar refractivity (Wildman–Crippen MR) is 29.2 cm³/mol. The molecule has 0 atom stereocenters. The van der Waals surface area contributed by atoms with E-state index in [1.165, 1.54) is 0 Å². The zero-order chi connectivity index (χ0) is 10.6. The minimum atomic E-state index is -2.97. The summed E-state index contributed by atoms with van der Waals surface area (Å²) in [7, 11) is 0. The van der Waals surface area contributed by atoms with Crippen molar-refractivity contribution in [3.05, 3.63) is 0 Å². The normalized spacial score (nSPS) is 9.40. The molecule has 7 nitrogen and oxygen atoms in total. The maximum absolute atomic E-state index is 10.1. The van der Waals surface area contributed by atoms with E-state index in [-0.39, 0.29) is 46.8 Å². The van der Waals surface area contributed by atoms with Crippen LogP contribution in [0.15, 0.2) is 0 Å². The number of aliphatic carboxylic acids is 3. The molecular formula is C6H5CdO7Zn+. The molecule has 0 aromatic heterocycles. The van der Waals surface area contributed by atoms with Crippen molar-refractivity contribution in [1.29, 1.82) is 0 Å². The number of rotatable bonds is 5. The van der Waals surface area contributed by atoms with Crippen LogP contribution in [0.1, 0.15) is 12.8 Å². The van der Waals surface area contributed by atoms with Crippen LogP contribution in [-0.4, -0.2) is 28.6 Å². The van der Waals surface area contributed by atoms with Crippen LogP contribution in [0.3, 0.4) is 0 Å². The molecule has 15 heavy (non-hydrogen) atoms. The maximum atomic E-state index is 10.1. The second-order valence-electron chi connectivity index (χ2n) is 2.42. The summed E-state index contributed by atoms with van der Waals surface area (Å²) in [5, 5.41) is 38.9. The van der Waals surface area contributed by atoms with E-state index in [9.17, 15) is 29.7 Å². The molecule has 0 aromatic rings. The summed E-state index contributed by atoms with van der Waals surface area (Å²) in [6.07, 6.45) is -2.72. The molecule has 0 aliphatic carbocycles. The third-order valence-electron chi connectivity index (χ3n) is 1.25. The third kappa shape index (κ3) is 7.80. The molecule has 1 N–H and O–H groups in total. The van der Waals surface area contributed by atoms with Gasteiger partial charge < -0.3 is 34.8 Å². The number of hydrogen-bond donors (Lipinski definition) is 1. The number of aliphatic hydroxyl groups is 1. The molecule has 74 valence electrons. The summed E-state index contributed by atoms with van der Waals surface area (Å²) in [5.41, 5.74) is -2.97. The maximum Gasteiger partial charge on any atom is 2.00 e. The summed E-state index contributed by atoms with van der Waals surface area (Å²) in [5.74, 6) is -5.98. The molecule has 0 rings (SSSR count). The molecule has 9 heteroatoms. The van der Waals surface area contributed by atoms with Gasteiger partial charge in [0.2, 0.25) is 0 Å². The first-order valence-corrected chi connectivity index (χ1v) is 3.11. The smallest absolute Gasteiger partial charge is 0.550 e. The first-order valence-electron chi connectivity index (χ1n) is 3.11. The van der Waals surface area contributed by atoms with Crippen LogP contribution in [0, 0.1) is 0 Å². The molecule has 0 aliphatic rings. The summed E-state index contributed by atoms with van der Waals surface area (Å²) < 4.78 is 0. The number of carboxylic acid groups (broad SMARTS) is 3. The first-order chi connectivity index (χ1) is 5.78. The number of carboxylic acids is 3. The van der Waals surface area contributed by atoms with Crippen LogP contribution in [0.5, 0.6) is 0 Å². The molecule has 0 unspecified atom stereocenters. The Balaban J connectivity index is -0.000000720. The molecule has 0 heterocycles. The summed E-state index contributed by atoms with van der Waals surface area (Å²) in [6.45, 7) is 0. The molecule has 0 aliphatic heterocycles. The number of carbonyl (C=O) groups is 3. The molecule has 0 saturated carbocycles. The van der Waals surface area contributed by atoms with Gasteiger partial charge in [-0.2, -0.15) is 0 Å². The van der Waals surface area contributed by atoms with Crippen molar-refractivity contribution >= 4 is 17.9 Å². The molecule has 0 aromatic carbocycles. The third-order valence-corrected chi connectivity index (χ3v) is 1.25. The Hall–Kier alpha value is -0.0845. The van der Waals surface area contributed by atoms with Gasteiger partial charge in [0, 0.05) is 24.8 Å². The van der Waals surface area contributed by atoms with E-state index in [0.29, 0.717) is 0 Å². The topological polar surface area (TPSA) is 141 Å². The van der Waals surface area contributed by atoms with Crippen LogP contribution in [0.2, 0.25) is 0 Å². The fourth-order valence-electron chi connectivity index (χ4n) is 0.684. The Morgan fingerprint density at radius 3 is 1.40 bits per heavy atom. The quantitative estimate of drug-likeness (QED) is 0.479. The summed E-state index contributed by atoms with van der Waals surface area (Å²) in [6, 6.07) is 0. The van der Waals surface area contributed by atoms with Crippen LogP contribution in [0.4, 0.5) is 0 Å². The summed E-state index contributed by atoms with van der Waals surface area (Å²) in [4.78, 5) is 30.0. The molecule has 0 fully saturated rings. The van der Waals surface area contributed by atoms with E-state index in [4.69, 9.17) is 5.11 Å². The van der Waals surface area contributed by atoms with Gasteiger partial charge in [-0.25, -0.2) is 0 Å². The number of carbonyl (C=O) groups excluding carboxylic acids is 3. The van der Waals surface area contributed by atoms with Crippen molar-refractivity contribution in [2.24, 2.45) is 0 Å². The van der Waals surface area contributed by atoms with Crippen molar-refractivity contribution in [2.45, 2.75) is 18.4 Å². The Morgan fingerprint density at radius 1 is 1.00 bits per heavy atom. The molecule has 0 saturated heterocycles. The van der Waals surface area contributed by atoms with E-state index in [2.05, 4.69) is 0 Å². The average Bonchev–Trinajstić information content (AvgIpc) is 1.82. The monoisotopic (exact) mass is 367 g/mol. The van der Waals surface area contributed by atoms with Gasteiger partial charge in [0.25, 0.3) is 0 Å². The van der Waals surface area contributed by atoms with Gasteiger partial charge in [0.05, 0.1) is 5.97 Å². The van der Waals surface area contributed by atoms with E-state index in [1.54, 1.807) is 0 Å². The van der Waals surface area contributed by atoms with E-state index < -0.39 is 36.4 Å². The van der Waals surface area contributed by atoms with E-state index in [0.717, 1.165) is 0 Å². The SMILES string of the molecule is O=C([O-])CC(O)(CC(=O)[O-])C(=O)[O-].[Cd+2].[Zn+2]. The molecule has 0 spiro atoms. The Kier molecular flexibility index (Phi) is 11.0. The van der Waals surface area contributed by atoms with Crippen molar-refractivity contribution in [3.63, 3.8) is 0 Å². The van der Waals surface area contributed by atoms with Gasteiger partial charge in [-0.3, -0.25) is 0 Å². The van der Waals surface area contributed by atoms with Gasteiger partial charge >= 0.3 is 46.8 Å². The Morgan fingerprint density at radius 2 is 1.27 bits per heavy atom. The van der Waals surface area contributed by atoms with E-state index in [1.807, 2.05) is 0 Å². The van der Waals surface area contributed by atoms with E-state index >= 15 is 0 Å². The van der Waals surface area contributed by atoms with Crippen LogP contribution in [0.25, 0.3) is 0 Å². The standard InChI is InChI=1S/C6H8O7.Cd.Zn/c7-3(8)1-6(13,5(11)12)2-4(9)10;;/h13H,1-2H2,(H,7,8)(H,9,10)(H,11,12);;/q;2*+2/p-3. The zero-order valence-electron chi connectivity index (χ0n) is 7.73. The largest absolute Gasteiger partial charge is 2.00 e. The van der Waals surface area contributed by atoms with Crippen molar-refractivity contribution < 1.29 is 81.6 Å². The predicted octanol–water partition coefficient (Wildman–Crippen LogP) is -5.26. The summed E-state index contributed by atoms with van der Waals surface area (Å²) >= 11 is 0. The fourth-order valence-corrected chi connectivity index (χ4v) is 0.684. The molecule has 0 radical (unpaired) electrons. The minimum absolute atomic E-state index is 0. The van der Waals surface area contributed by atoms with Crippen molar-refractivity contribution in [1.82, 2.24) is 0 Å². The van der Waals surface area contributed by atoms with Gasteiger partial charge in [-0.15, -0.1) is 0 Å². The average molecular weight is 367 g/mol. The second-order valence-corrected chi connectivity index (χ2v) is 2.42. The minimum Gasteiger partial charge on any atom is -0.550 e. The fraction of sp³-hybridized carbons (Fsp3) is 0.500. The zero-order valence-corrected chi connectivity index (χ0v) is 14.7. The first kappa shape index (κ1) is 20.3. The molecule has 0 bridgehead atoms. The van der Waals surface area contributed by atoms with Gasteiger partial charge in [-0.05, 0) is 0 Å². The molecule has 0 amide bonds. The van der Waals surface area contributed by atoms with Crippen LogP contribution >= 0.6 is 0 Å². The van der Waals surface area contributed by atoms with Crippen molar-refractivity contribution in [2.75, 3.05) is 0 Å². The van der Waals surface area contributed by atoms with Gasteiger partial charge in [0.15, 0.2) is 0 Å². The van der Waals surface area contributed by atoms with Crippen molar-refractivity contribution in [3.8, 4) is 0 Å². The van der Waals surface area contributed by atoms with Crippen LogP contribution in [-0.2, 0) is 61.2 Å². The second kappa shape index (κ2) is 8.11. The molecular weight excluding hydrogens is 362 g/mol. The van der Waals surface area contributed by atoms with Gasteiger partial charge in [-0.1, -0.05) is 0 Å². The Labute approximate surface area is 117 Å². The number of hydrogen-bond acceptors (Lipinski definition) is 7. The Bertz CT molecular complexity index is 238. The van der Waals surface area contributed by atoms with Gasteiger partial charge in [0.1, 0.15) is 5.60 Å².